The molecule has 1 aliphatic carbocycles. The van der Waals surface area contributed by atoms with Gasteiger partial charge in [-0.3, -0.25) is 4.52 Å². The van der Waals surface area contributed by atoms with Gasteiger partial charge in [0.15, 0.2) is 11.2 Å². The fourth-order valence-corrected chi connectivity index (χ4v) is 6.34. The van der Waals surface area contributed by atoms with Gasteiger partial charge in [0.25, 0.3) is 0 Å². The predicted molar refractivity (Wildman–Crippen MR) is 132 cm³/mol. The van der Waals surface area contributed by atoms with Crippen molar-refractivity contribution >= 4 is 53.4 Å². The lowest BCUT2D eigenvalue weighted by Crippen LogP contribution is -2.18. The fourth-order valence-electron chi connectivity index (χ4n) is 4.38. The second-order valence-electron chi connectivity index (χ2n) is 8.37. The first kappa shape index (κ1) is 23.6. The minimum Gasteiger partial charge on any atom is -0.494 e. The van der Waals surface area contributed by atoms with Crippen molar-refractivity contribution < 1.29 is 22.4 Å². The zero-order valence-corrected chi connectivity index (χ0v) is 21.8. The van der Waals surface area contributed by atoms with E-state index in [4.69, 9.17) is 45.6 Å². The summed E-state index contributed by atoms with van der Waals surface area (Å²) in [4.78, 5) is 0. The van der Waals surface area contributed by atoms with Gasteiger partial charge in [-0.2, -0.15) is 0 Å². The molecule has 0 unspecified atom stereocenters. The summed E-state index contributed by atoms with van der Waals surface area (Å²) in [6, 6.07) is 0. The molecule has 0 amide bonds. The lowest BCUT2D eigenvalue weighted by atomic mass is 9.98. The van der Waals surface area contributed by atoms with Crippen molar-refractivity contribution in [1.82, 2.24) is 0 Å². The molecule has 174 valence electrons. The van der Waals surface area contributed by atoms with Gasteiger partial charge >= 0.3 is 8.24 Å². The SMILES string of the molecule is COc1c(Cl)c(C)c(C)c2op(OC3CCCCC3)oc3c(C)c(C)c(Cl)c(OC)c3c12. The molecule has 3 aromatic rings. The number of methoxy groups -OCH3 is 2. The molecule has 1 aliphatic rings. The predicted octanol–water partition coefficient (Wildman–Crippen LogP) is 8.61. The zero-order chi connectivity index (χ0) is 23.2. The Hall–Kier alpha value is -1.52. The molecule has 2 aromatic carbocycles. The molecule has 1 heterocycles. The lowest BCUT2D eigenvalue weighted by Gasteiger charge is -2.19. The number of halogens is 2. The van der Waals surface area contributed by atoms with E-state index in [9.17, 15) is 0 Å². The van der Waals surface area contributed by atoms with Crippen LogP contribution in [0.25, 0.3) is 21.9 Å². The van der Waals surface area contributed by atoms with Crippen molar-refractivity contribution in [2.75, 3.05) is 14.2 Å². The summed E-state index contributed by atoms with van der Waals surface area (Å²) in [5.41, 5.74) is 4.82. The average Bonchev–Trinajstić information content (AvgIpc) is 2.95. The summed E-state index contributed by atoms with van der Waals surface area (Å²) in [5, 5.41) is 2.40. The normalized spacial score (nSPS) is 14.9. The Morgan fingerprint density at radius 1 is 0.719 bits per heavy atom. The second-order valence-corrected chi connectivity index (χ2v) is 10.2. The van der Waals surface area contributed by atoms with Crippen LogP contribution in [-0.4, -0.2) is 20.3 Å². The molecule has 0 bridgehead atoms. The number of fused-ring (bicyclic) bond motifs is 3. The highest BCUT2D eigenvalue weighted by Crippen LogP contribution is 2.50. The minimum absolute atomic E-state index is 0.117. The van der Waals surface area contributed by atoms with Crippen molar-refractivity contribution in [3.05, 3.63) is 32.3 Å². The van der Waals surface area contributed by atoms with Gasteiger partial charge in [0.2, 0.25) is 0 Å². The van der Waals surface area contributed by atoms with E-state index >= 15 is 0 Å². The molecule has 0 radical (unpaired) electrons. The van der Waals surface area contributed by atoms with Crippen LogP contribution in [0.5, 0.6) is 11.5 Å². The summed E-state index contributed by atoms with van der Waals surface area (Å²) in [7, 11) is 1.49. The maximum Gasteiger partial charge on any atom is 0.387 e. The molecule has 0 saturated heterocycles. The molecule has 8 heteroatoms. The van der Waals surface area contributed by atoms with Crippen LogP contribution in [-0.2, 0) is 0 Å². The molecule has 1 aromatic heterocycles. The number of ether oxygens (including phenoxy) is 2. The molecule has 1 fully saturated rings. The Bertz CT molecular complexity index is 1140. The molecule has 4 rings (SSSR count). The number of hydrogen-bond acceptors (Lipinski definition) is 5. The van der Waals surface area contributed by atoms with Gasteiger partial charge in [0, 0.05) is 0 Å². The van der Waals surface area contributed by atoms with Gasteiger partial charge in [-0.15, -0.1) is 0 Å². The Labute approximate surface area is 199 Å². The number of hydrogen-bond donors (Lipinski definition) is 0. The standard InChI is InChI=1S/C24H29Cl2O5P/c1-12-14(3)21-17(23(27-5)19(12)25)18-22(15(4)13(2)20(26)24(18)28-6)31-32(30-21)29-16-10-8-7-9-11-16/h16H,7-11H2,1-6H3. The molecule has 0 N–H and O–H groups in total. The Morgan fingerprint density at radius 2 is 1.16 bits per heavy atom. The van der Waals surface area contributed by atoms with E-state index in [-0.39, 0.29) is 6.10 Å². The van der Waals surface area contributed by atoms with Crippen LogP contribution in [0.1, 0.15) is 54.4 Å². The van der Waals surface area contributed by atoms with Gasteiger partial charge in [0.05, 0.1) is 41.1 Å². The first-order chi connectivity index (χ1) is 15.3. The quantitative estimate of drug-likeness (QED) is 0.360. The third kappa shape index (κ3) is 3.88. The fraction of sp³-hybridized carbons (Fsp3) is 0.500. The van der Waals surface area contributed by atoms with Crippen LogP contribution in [0, 0.1) is 27.7 Å². The van der Waals surface area contributed by atoms with E-state index in [1.165, 1.54) is 6.42 Å². The molecule has 0 spiro atoms. The number of benzene rings is 2. The van der Waals surface area contributed by atoms with Crippen molar-refractivity contribution in [3.63, 3.8) is 0 Å². The highest BCUT2D eigenvalue weighted by Gasteiger charge is 2.26. The molecule has 5 nitrogen and oxygen atoms in total. The molecule has 0 aliphatic heterocycles. The summed E-state index contributed by atoms with van der Waals surface area (Å²) >= 11 is 13.5. The smallest absolute Gasteiger partial charge is 0.387 e. The Kier molecular flexibility index (Phi) is 6.93. The van der Waals surface area contributed by atoms with E-state index in [1.807, 2.05) is 27.7 Å². The zero-order valence-electron chi connectivity index (χ0n) is 19.4. The van der Waals surface area contributed by atoms with Crippen LogP contribution in [0.4, 0.5) is 0 Å². The third-order valence-electron chi connectivity index (χ3n) is 6.55. The maximum atomic E-state index is 6.73. The largest absolute Gasteiger partial charge is 0.494 e. The van der Waals surface area contributed by atoms with Crippen LogP contribution < -0.4 is 14.0 Å². The van der Waals surface area contributed by atoms with Gasteiger partial charge in [-0.1, -0.05) is 42.5 Å². The van der Waals surface area contributed by atoms with Crippen LogP contribution in [0.15, 0.2) is 8.39 Å². The van der Waals surface area contributed by atoms with E-state index < -0.39 is 8.24 Å². The lowest BCUT2D eigenvalue weighted by molar-refractivity contribution is 0.200. The number of rotatable bonds is 4. The molecule has 0 atom stereocenters. The average molecular weight is 499 g/mol. The summed E-state index contributed by atoms with van der Waals surface area (Å²) < 4.78 is 30.9. The van der Waals surface area contributed by atoms with Gasteiger partial charge < -0.3 is 17.9 Å². The van der Waals surface area contributed by atoms with Crippen molar-refractivity contribution in [1.29, 1.82) is 0 Å². The first-order valence-corrected chi connectivity index (χ1v) is 12.7. The maximum absolute atomic E-state index is 6.73. The Balaban J connectivity index is 2.22. The molecule has 32 heavy (non-hydrogen) atoms. The van der Waals surface area contributed by atoms with Crippen molar-refractivity contribution in [2.45, 2.75) is 65.9 Å². The third-order valence-corrected chi connectivity index (χ3v) is 8.59. The van der Waals surface area contributed by atoms with Crippen molar-refractivity contribution in [2.24, 2.45) is 0 Å². The topological polar surface area (TPSA) is 54.0 Å². The molecule has 1 saturated carbocycles. The number of aryl methyl sites for hydroxylation is 2. The monoisotopic (exact) mass is 498 g/mol. The highest BCUT2D eigenvalue weighted by atomic mass is 35.5. The van der Waals surface area contributed by atoms with E-state index in [2.05, 4.69) is 0 Å². The van der Waals surface area contributed by atoms with Gasteiger partial charge in [0.1, 0.15) is 11.5 Å². The van der Waals surface area contributed by atoms with Gasteiger partial charge in [-0.05, 0) is 62.8 Å². The van der Waals surface area contributed by atoms with E-state index in [0.29, 0.717) is 43.5 Å². The highest BCUT2D eigenvalue weighted by molar-refractivity contribution is 7.31. The molecular formula is C24H29Cl2O5P. The van der Waals surface area contributed by atoms with E-state index in [0.717, 1.165) is 47.9 Å². The van der Waals surface area contributed by atoms with Gasteiger partial charge in [-0.25, -0.2) is 0 Å². The summed E-state index contributed by atoms with van der Waals surface area (Å²) in [6.07, 6.45) is 5.69. The van der Waals surface area contributed by atoms with Crippen LogP contribution in [0.2, 0.25) is 10.0 Å². The second kappa shape index (κ2) is 9.38. The van der Waals surface area contributed by atoms with E-state index in [1.54, 1.807) is 14.2 Å². The van der Waals surface area contributed by atoms with Crippen LogP contribution in [0.3, 0.4) is 0 Å². The first-order valence-electron chi connectivity index (χ1n) is 10.9. The summed E-state index contributed by atoms with van der Waals surface area (Å²) in [5.74, 6) is 1.00. The van der Waals surface area contributed by atoms with Crippen molar-refractivity contribution in [3.8, 4) is 11.5 Å². The molecular weight excluding hydrogens is 470 g/mol. The Morgan fingerprint density at radius 3 is 1.56 bits per heavy atom. The van der Waals surface area contributed by atoms with Crippen LogP contribution >= 0.6 is 31.4 Å². The summed E-state index contributed by atoms with van der Waals surface area (Å²) in [6.45, 7) is 7.86. The minimum atomic E-state index is -1.70.